The lowest BCUT2D eigenvalue weighted by atomic mass is 9.97. The molecule has 4 N–H and O–H groups in total. The molecule has 0 spiro atoms. The van der Waals surface area contributed by atoms with Gasteiger partial charge in [0.05, 0.1) is 47.8 Å². The van der Waals surface area contributed by atoms with Crippen LogP contribution in [0.3, 0.4) is 0 Å². The van der Waals surface area contributed by atoms with E-state index in [-0.39, 0.29) is 17.1 Å². The summed E-state index contributed by atoms with van der Waals surface area (Å²) < 4.78 is 10.5. The van der Waals surface area contributed by atoms with Crippen LogP contribution in [0.25, 0.3) is 33.2 Å². The van der Waals surface area contributed by atoms with Gasteiger partial charge in [-0.05, 0) is 28.8 Å². The summed E-state index contributed by atoms with van der Waals surface area (Å²) in [5.74, 6) is -1.51. The Labute approximate surface area is 223 Å². The van der Waals surface area contributed by atoms with E-state index in [1.807, 2.05) is 30.3 Å². The number of nitrogens with one attached hydrogen (secondary N) is 1. The first-order chi connectivity index (χ1) is 18.9. The Morgan fingerprint density at radius 1 is 0.872 bits per heavy atom. The van der Waals surface area contributed by atoms with Crippen molar-refractivity contribution in [1.82, 2.24) is 15.0 Å². The highest BCUT2D eigenvalue weighted by atomic mass is 16.5. The van der Waals surface area contributed by atoms with Gasteiger partial charge in [0.15, 0.2) is 0 Å². The van der Waals surface area contributed by atoms with Crippen LogP contribution in [-0.4, -0.2) is 46.2 Å². The largest absolute Gasteiger partial charge is 0.480 e. The van der Waals surface area contributed by atoms with Gasteiger partial charge in [0, 0.05) is 17.8 Å². The summed E-state index contributed by atoms with van der Waals surface area (Å²) in [5.41, 5.74) is 9.61. The third-order valence-electron chi connectivity index (χ3n) is 6.18. The van der Waals surface area contributed by atoms with Crippen LogP contribution in [-0.2, 0) is 0 Å². The highest BCUT2D eigenvalue weighted by Gasteiger charge is 2.21. The molecule has 2 heterocycles. The van der Waals surface area contributed by atoms with E-state index in [0.717, 1.165) is 5.56 Å². The van der Waals surface area contributed by atoms with E-state index < -0.39 is 11.9 Å². The van der Waals surface area contributed by atoms with Crippen LogP contribution in [0.15, 0.2) is 79.1 Å². The minimum Gasteiger partial charge on any atom is -0.480 e. The van der Waals surface area contributed by atoms with Crippen molar-refractivity contribution in [2.45, 2.75) is 0 Å². The molecule has 2 aromatic heterocycles. The number of carboxylic acids is 1. The third-order valence-corrected chi connectivity index (χ3v) is 6.18. The standard InChI is InChI=1S/C29H23N5O5/c1-38-27-20(14-32-29(34-27)39-2)17-11-12-19-23(13-17)31-15-21(26(30)35)25(19)33-22-10-6-9-18(24(22)28(36)37)16-7-4-3-5-8-16/h3-15H,1-2H3,(H2,30,35)(H,31,33)(H,36,37). The molecular formula is C29H23N5O5. The number of nitrogens with two attached hydrogens (primary N) is 1. The second-order valence-electron chi connectivity index (χ2n) is 8.45. The van der Waals surface area contributed by atoms with Gasteiger partial charge in [-0.1, -0.05) is 54.6 Å². The smallest absolute Gasteiger partial charge is 0.338 e. The fraction of sp³-hybridized carbons (Fsp3) is 0.0690. The number of nitrogens with zero attached hydrogens (tertiary/aromatic N) is 3. The van der Waals surface area contributed by atoms with E-state index >= 15 is 0 Å². The number of pyridine rings is 1. The van der Waals surface area contributed by atoms with Crippen molar-refractivity contribution in [3.8, 4) is 34.1 Å². The van der Waals surface area contributed by atoms with Crippen LogP contribution in [0.1, 0.15) is 20.7 Å². The molecule has 5 aromatic rings. The van der Waals surface area contributed by atoms with Crippen molar-refractivity contribution in [3.05, 3.63) is 90.3 Å². The summed E-state index contributed by atoms with van der Waals surface area (Å²) in [4.78, 5) is 37.6. The van der Waals surface area contributed by atoms with E-state index in [9.17, 15) is 14.7 Å². The number of carboxylic acid groups (broad SMARTS) is 1. The summed E-state index contributed by atoms with van der Waals surface area (Å²) in [7, 11) is 2.96. The molecule has 0 aliphatic heterocycles. The number of methoxy groups -OCH3 is 2. The summed E-state index contributed by atoms with van der Waals surface area (Å²) in [5, 5.41) is 13.9. The number of ether oxygens (including phenoxy) is 2. The second kappa shape index (κ2) is 10.5. The Kier molecular flexibility index (Phi) is 6.75. The molecule has 0 unspecified atom stereocenters. The van der Waals surface area contributed by atoms with Crippen molar-refractivity contribution in [1.29, 1.82) is 0 Å². The molecule has 3 aromatic carbocycles. The topological polar surface area (TPSA) is 150 Å². The van der Waals surface area contributed by atoms with Crippen molar-refractivity contribution in [2.24, 2.45) is 5.73 Å². The minimum atomic E-state index is -1.12. The first kappa shape index (κ1) is 25.2. The van der Waals surface area contributed by atoms with Gasteiger partial charge in [-0.15, -0.1) is 0 Å². The van der Waals surface area contributed by atoms with Crippen molar-refractivity contribution >= 4 is 34.2 Å². The molecule has 0 radical (unpaired) electrons. The van der Waals surface area contributed by atoms with E-state index in [1.165, 1.54) is 20.4 Å². The van der Waals surface area contributed by atoms with Gasteiger partial charge < -0.3 is 25.6 Å². The summed E-state index contributed by atoms with van der Waals surface area (Å²) in [6, 6.07) is 19.8. The van der Waals surface area contributed by atoms with Crippen LogP contribution in [0.5, 0.6) is 11.9 Å². The third kappa shape index (κ3) is 4.78. The van der Waals surface area contributed by atoms with Crippen LogP contribution in [0, 0.1) is 0 Å². The number of amides is 1. The summed E-state index contributed by atoms with van der Waals surface area (Å²) in [6.45, 7) is 0. The first-order valence-electron chi connectivity index (χ1n) is 11.8. The predicted molar refractivity (Wildman–Crippen MR) is 147 cm³/mol. The number of primary amides is 1. The Balaban J connectivity index is 1.66. The minimum absolute atomic E-state index is 0.0563. The molecule has 0 bridgehead atoms. The maximum absolute atomic E-state index is 12.4. The number of benzene rings is 3. The molecule has 194 valence electrons. The van der Waals surface area contributed by atoms with Crippen molar-refractivity contribution < 1.29 is 24.2 Å². The zero-order valence-corrected chi connectivity index (χ0v) is 21.0. The SMILES string of the molecule is COc1ncc(-c2ccc3c(Nc4cccc(-c5ccccc5)c4C(=O)O)c(C(N)=O)cnc3c2)c(OC)n1. The zero-order chi connectivity index (χ0) is 27.5. The monoisotopic (exact) mass is 521 g/mol. The zero-order valence-electron chi connectivity index (χ0n) is 21.0. The van der Waals surface area contributed by atoms with E-state index in [2.05, 4.69) is 20.3 Å². The molecule has 1 amide bonds. The van der Waals surface area contributed by atoms with Gasteiger partial charge >= 0.3 is 12.0 Å². The average molecular weight is 522 g/mol. The number of hydrogen-bond acceptors (Lipinski definition) is 8. The van der Waals surface area contributed by atoms with Gasteiger partial charge in [-0.2, -0.15) is 4.98 Å². The number of hydrogen-bond donors (Lipinski definition) is 3. The molecule has 0 saturated carbocycles. The molecule has 10 heteroatoms. The van der Waals surface area contributed by atoms with Crippen LogP contribution < -0.4 is 20.5 Å². The predicted octanol–water partition coefficient (Wildman–Crippen LogP) is 4.92. The number of rotatable bonds is 8. The number of carbonyl (C=O) groups excluding carboxylic acids is 1. The Hall–Kier alpha value is -5.51. The maximum Gasteiger partial charge on any atom is 0.338 e. The number of aromatic nitrogens is 3. The Bertz CT molecular complexity index is 1720. The molecule has 0 aliphatic carbocycles. The highest BCUT2D eigenvalue weighted by molar-refractivity contribution is 6.10. The first-order valence-corrected chi connectivity index (χ1v) is 11.8. The number of fused-ring (bicyclic) bond motifs is 1. The fourth-order valence-corrected chi connectivity index (χ4v) is 4.37. The second-order valence-corrected chi connectivity index (χ2v) is 8.45. The lowest BCUT2D eigenvalue weighted by Gasteiger charge is -2.17. The van der Waals surface area contributed by atoms with Gasteiger partial charge in [-0.3, -0.25) is 9.78 Å². The quantitative estimate of drug-likeness (QED) is 0.259. The van der Waals surface area contributed by atoms with Crippen molar-refractivity contribution in [2.75, 3.05) is 19.5 Å². The van der Waals surface area contributed by atoms with E-state index in [4.69, 9.17) is 15.2 Å². The normalized spacial score (nSPS) is 10.7. The molecule has 39 heavy (non-hydrogen) atoms. The molecule has 0 atom stereocenters. The molecule has 10 nitrogen and oxygen atoms in total. The fourth-order valence-electron chi connectivity index (χ4n) is 4.37. The van der Waals surface area contributed by atoms with E-state index in [0.29, 0.717) is 44.8 Å². The molecule has 0 saturated heterocycles. The van der Waals surface area contributed by atoms with E-state index in [1.54, 1.807) is 42.6 Å². The molecule has 0 aliphatic rings. The average Bonchev–Trinajstić information content (AvgIpc) is 2.96. The van der Waals surface area contributed by atoms with Gasteiger partial charge in [-0.25, -0.2) is 9.78 Å². The number of anilines is 2. The Morgan fingerprint density at radius 2 is 1.67 bits per heavy atom. The van der Waals surface area contributed by atoms with Crippen LogP contribution >= 0.6 is 0 Å². The number of aromatic carboxylic acids is 1. The van der Waals surface area contributed by atoms with Gasteiger partial charge in [0.2, 0.25) is 5.88 Å². The Morgan fingerprint density at radius 3 is 2.36 bits per heavy atom. The molecule has 0 fully saturated rings. The summed E-state index contributed by atoms with van der Waals surface area (Å²) >= 11 is 0. The van der Waals surface area contributed by atoms with Gasteiger partial charge in [0.1, 0.15) is 0 Å². The summed E-state index contributed by atoms with van der Waals surface area (Å²) in [6.07, 6.45) is 2.94. The molecule has 5 rings (SSSR count). The van der Waals surface area contributed by atoms with Crippen molar-refractivity contribution in [3.63, 3.8) is 0 Å². The maximum atomic E-state index is 12.4. The lowest BCUT2D eigenvalue weighted by Crippen LogP contribution is -2.15. The highest BCUT2D eigenvalue weighted by Crippen LogP contribution is 2.37. The van der Waals surface area contributed by atoms with Gasteiger partial charge in [0.25, 0.3) is 5.91 Å². The lowest BCUT2D eigenvalue weighted by molar-refractivity contribution is 0.0698. The van der Waals surface area contributed by atoms with Crippen LogP contribution in [0.2, 0.25) is 0 Å². The van der Waals surface area contributed by atoms with Crippen LogP contribution in [0.4, 0.5) is 11.4 Å². The number of carbonyl (C=O) groups is 2. The molecular weight excluding hydrogens is 498 g/mol.